The van der Waals surface area contributed by atoms with Crippen LogP contribution in [0.25, 0.3) is 0 Å². The average Bonchev–Trinajstić information content (AvgIpc) is 2.95. The molecule has 0 aliphatic carbocycles. The van der Waals surface area contributed by atoms with Crippen molar-refractivity contribution in [2.45, 2.75) is 44.4 Å². The van der Waals surface area contributed by atoms with Crippen LogP contribution < -0.4 is 9.61 Å². The van der Waals surface area contributed by atoms with Crippen LogP contribution in [-0.4, -0.2) is 64.7 Å². The second kappa shape index (κ2) is 9.60. The van der Waals surface area contributed by atoms with Gasteiger partial charge in [-0.25, -0.2) is 14.0 Å². The molecule has 2 aliphatic rings. The molecule has 5 atom stereocenters. The van der Waals surface area contributed by atoms with E-state index in [1.54, 1.807) is 18.2 Å². The van der Waals surface area contributed by atoms with Crippen molar-refractivity contribution in [3.63, 3.8) is 0 Å². The Morgan fingerprint density at radius 2 is 2.06 bits per heavy atom. The van der Waals surface area contributed by atoms with E-state index in [9.17, 15) is 24.1 Å². The molecule has 0 aromatic heterocycles. The lowest BCUT2D eigenvalue weighted by molar-refractivity contribution is -0.150. The molecule has 174 valence electrons. The van der Waals surface area contributed by atoms with E-state index >= 15 is 4.39 Å². The number of carbonyl (C=O) groups excluding carboxylic acids is 3. The number of alkyl halides is 1. The Hall–Kier alpha value is -2.43. The summed E-state index contributed by atoms with van der Waals surface area (Å²) in [6.07, 6.45) is -2.82. The minimum absolute atomic E-state index is 0.196. The highest BCUT2D eigenvalue weighted by molar-refractivity contribution is 7.52. The maximum Gasteiger partial charge on any atom is 0.459 e. The molecule has 0 bridgehead atoms. The van der Waals surface area contributed by atoms with E-state index in [0.717, 1.165) is 24.1 Å². The van der Waals surface area contributed by atoms with Gasteiger partial charge in [-0.1, -0.05) is 18.2 Å². The fourth-order valence-electron chi connectivity index (χ4n) is 3.21. The third-order valence-corrected chi connectivity index (χ3v) is 6.39. The minimum atomic E-state index is -4.11. The number of aliphatic hydroxyl groups excluding tert-OH is 1. The van der Waals surface area contributed by atoms with Crippen molar-refractivity contribution in [2.24, 2.45) is 0 Å². The summed E-state index contributed by atoms with van der Waals surface area (Å²) in [5.41, 5.74) is -2.41. The van der Waals surface area contributed by atoms with Crippen LogP contribution in [0, 0.1) is 0 Å². The number of amides is 1. The number of ketones is 2. The van der Waals surface area contributed by atoms with Crippen molar-refractivity contribution in [3.05, 3.63) is 42.6 Å². The van der Waals surface area contributed by atoms with Crippen molar-refractivity contribution < 1.29 is 42.2 Å². The van der Waals surface area contributed by atoms with Gasteiger partial charge in [0, 0.05) is 6.20 Å². The Bertz CT molecular complexity index is 954. The largest absolute Gasteiger partial charge is 0.459 e. The molecule has 1 aromatic carbocycles. The van der Waals surface area contributed by atoms with E-state index in [2.05, 4.69) is 5.09 Å². The van der Waals surface area contributed by atoms with Crippen LogP contribution in [0.15, 0.2) is 42.6 Å². The molecule has 1 aromatic rings. The molecular weight excluding hydrogens is 446 g/mol. The zero-order valence-electron chi connectivity index (χ0n) is 17.5. The van der Waals surface area contributed by atoms with Crippen molar-refractivity contribution in [3.8, 4) is 5.75 Å². The number of Topliss-reactive ketones (excluding diaryl/α,β-unsaturated/α-hetero) is 1. The van der Waals surface area contributed by atoms with Crippen LogP contribution in [-0.2, 0) is 28.2 Å². The summed E-state index contributed by atoms with van der Waals surface area (Å²) >= 11 is 0. The van der Waals surface area contributed by atoms with Crippen molar-refractivity contribution in [2.75, 3.05) is 13.2 Å². The highest BCUT2D eigenvalue weighted by atomic mass is 31.2. The van der Waals surface area contributed by atoms with E-state index in [1.165, 1.54) is 19.1 Å². The normalized spacial score (nSPS) is 29.8. The van der Waals surface area contributed by atoms with E-state index in [0.29, 0.717) is 0 Å². The second-order valence-electron chi connectivity index (χ2n) is 7.62. The lowest BCUT2D eigenvalue weighted by Gasteiger charge is -2.32. The number of carbonyl (C=O) groups is 3. The minimum Gasteiger partial charge on any atom is -0.413 e. The van der Waals surface area contributed by atoms with Crippen LogP contribution in [0.1, 0.15) is 20.3 Å². The molecule has 1 amide bonds. The molecule has 2 aliphatic heterocycles. The topological polar surface area (TPSA) is 131 Å². The van der Waals surface area contributed by atoms with Gasteiger partial charge in [0.05, 0.1) is 19.6 Å². The predicted molar refractivity (Wildman–Crippen MR) is 109 cm³/mol. The highest BCUT2D eigenvalue weighted by Crippen LogP contribution is 2.46. The summed E-state index contributed by atoms with van der Waals surface area (Å²) < 4.78 is 44.7. The maximum absolute atomic E-state index is 15.3. The van der Waals surface area contributed by atoms with Crippen molar-refractivity contribution in [1.82, 2.24) is 9.99 Å². The van der Waals surface area contributed by atoms with Gasteiger partial charge in [-0.05, 0) is 32.1 Å². The molecule has 1 saturated heterocycles. The molecule has 2 heterocycles. The summed E-state index contributed by atoms with van der Waals surface area (Å²) in [6.45, 7) is 1.43. The van der Waals surface area contributed by atoms with Gasteiger partial charge in [0.2, 0.25) is 5.91 Å². The lowest BCUT2D eigenvalue weighted by Crippen LogP contribution is -2.51. The molecule has 0 radical (unpaired) electrons. The standard InChI is InChI=1S/C20H24FN2O8P/c1-13(24)11-22-32(28,31-15-6-4-3-5-7-15)29-12-16-18(27)20(2,21)19(30-16)23-9-8-14(25)10-17(23)26/h3-9,16,18-19,27H,10-12H2,1-2H3,(H,22,28)/t16-,18-,19-,20-,32?/m1/s1. The Morgan fingerprint density at radius 3 is 2.69 bits per heavy atom. The highest BCUT2D eigenvalue weighted by Gasteiger charge is 2.57. The number of allylic oxidation sites excluding steroid dienone is 1. The molecule has 1 unspecified atom stereocenters. The van der Waals surface area contributed by atoms with E-state index < -0.39 is 56.6 Å². The molecule has 0 saturated carbocycles. The predicted octanol–water partition coefficient (Wildman–Crippen LogP) is 1.50. The van der Waals surface area contributed by atoms with E-state index in [4.69, 9.17) is 13.8 Å². The summed E-state index contributed by atoms with van der Waals surface area (Å²) in [5.74, 6) is -1.24. The number of benzene rings is 1. The molecule has 1 fully saturated rings. The Kier molecular flexibility index (Phi) is 7.26. The SMILES string of the molecule is CC(=O)CNP(=O)(OC[C@H]1O[C@@H](N2C=CC(=O)CC2=O)[C@](C)(F)[C@@H]1O)Oc1ccccc1. The molecule has 32 heavy (non-hydrogen) atoms. The average molecular weight is 470 g/mol. The Balaban J connectivity index is 1.73. The van der Waals surface area contributed by atoms with Gasteiger partial charge in [-0.3, -0.25) is 23.8 Å². The molecule has 10 nitrogen and oxygen atoms in total. The van der Waals surface area contributed by atoms with Gasteiger partial charge in [0.15, 0.2) is 17.7 Å². The molecule has 0 spiro atoms. The number of halogens is 1. The van der Waals surface area contributed by atoms with Crippen LogP contribution >= 0.6 is 7.75 Å². The lowest BCUT2D eigenvalue weighted by atomic mass is 9.97. The number of nitrogens with zero attached hydrogens (tertiary/aromatic N) is 1. The zero-order valence-corrected chi connectivity index (χ0v) is 18.4. The Morgan fingerprint density at radius 1 is 1.38 bits per heavy atom. The first kappa shape index (κ1) is 24.2. The monoisotopic (exact) mass is 470 g/mol. The number of ether oxygens (including phenoxy) is 1. The van der Waals surface area contributed by atoms with Gasteiger partial charge in [-0.15, -0.1) is 0 Å². The number of hydrogen-bond donors (Lipinski definition) is 2. The summed E-state index contributed by atoms with van der Waals surface area (Å²) in [4.78, 5) is 35.8. The number of para-hydroxylation sites is 1. The van der Waals surface area contributed by atoms with E-state index in [1.807, 2.05) is 0 Å². The second-order valence-corrected chi connectivity index (χ2v) is 9.37. The molecule has 12 heteroatoms. The van der Waals surface area contributed by atoms with E-state index in [-0.39, 0.29) is 18.1 Å². The molecule has 2 N–H and O–H groups in total. The number of aliphatic hydroxyl groups is 1. The van der Waals surface area contributed by atoms with Gasteiger partial charge in [0.1, 0.15) is 23.7 Å². The number of nitrogens with one attached hydrogen (secondary N) is 1. The van der Waals surface area contributed by atoms with Crippen LogP contribution in [0.3, 0.4) is 0 Å². The first-order valence-corrected chi connectivity index (χ1v) is 11.3. The van der Waals surface area contributed by atoms with Gasteiger partial charge in [0.25, 0.3) is 0 Å². The van der Waals surface area contributed by atoms with Crippen LogP contribution in [0.4, 0.5) is 4.39 Å². The number of hydrogen-bond acceptors (Lipinski definition) is 8. The van der Waals surface area contributed by atoms with Crippen molar-refractivity contribution in [1.29, 1.82) is 0 Å². The smallest absolute Gasteiger partial charge is 0.413 e. The Labute approximate surface area is 183 Å². The zero-order chi connectivity index (χ0) is 23.5. The third kappa shape index (κ3) is 5.48. The summed E-state index contributed by atoms with van der Waals surface area (Å²) in [6, 6.07) is 8.05. The van der Waals surface area contributed by atoms with Gasteiger partial charge >= 0.3 is 7.75 Å². The molecular formula is C20H24FN2O8P. The fourth-order valence-corrected chi connectivity index (χ4v) is 4.58. The summed E-state index contributed by atoms with van der Waals surface area (Å²) in [7, 11) is -4.11. The first-order valence-electron chi connectivity index (χ1n) is 9.80. The number of rotatable bonds is 9. The van der Waals surface area contributed by atoms with Crippen LogP contribution in [0.2, 0.25) is 0 Å². The molecule has 3 rings (SSSR count). The van der Waals surface area contributed by atoms with Gasteiger partial charge < -0.3 is 14.4 Å². The maximum atomic E-state index is 15.3. The van der Waals surface area contributed by atoms with Gasteiger partial charge in [-0.2, -0.15) is 0 Å². The fraction of sp³-hybridized carbons (Fsp3) is 0.450. The van der Waals surface area contributed by atoms with Crippen molar-refractivity contribution >= 4 is 25.2 Å². The first-order chi connectivity index (χ1) is 15.0. The summed E-state index contributed by atoms with van der Waals surface area (Å²) in [5, 5.41) is 12.9. The third-order valence-electron chi connectivity index (χ3n) is 4.90. The van der Waals surface area contributed by atoms with Crippen LogP contribution in [0.5, 0.6) is 5.75 Å². The quantitative estimate of drug-likeness (QED) is 0.407.